The first kappa shape index (κ1) is 12.4. The Kier molecular flexibility index (Phi) is 4.99. The quantitative estimate of drug-likeness (QED) is 0.713. The van der Waals surface area contributed by atoms with Crippen LogP contribution in [0.4, 0.5) is 0 Å². The molecule has 0 rings (SSSR count). The summed E-state index contributed by atoms with van der Waals surface area (Å²) in [6.07, 6.45) is 0.598. The van der Waals surface area contributed by atoms with Gasteiger partial charge < -0.3 is 10.2 Å². The highest BCUT2D eigenvalue weighted by molar-refractivity contribution is 5.76. The van der Waals surface area contributed by atoms with Crippen LogP contribution in [0, 0.1) is 5.41 Å². The predicted octanol–water partition coefficient (Wildman–Crippen LogP) is 1.10. The molecule has 0 aliphatic rings. The van der Waals surface area contributed by atoms with Gasteiger partial charge in [0.2, 0.25) is 5.91 Å². The van der Waals surface area contributed by atoms with Gasteiger partial charge in [0.15, 0.2) is 0 Å². The molecule has 0 unspecified atom stereocenters. The molecule has 78 valence electrons. The normalized spacial score (nSPS) is 11.8. The summed E-state index contributed by atoms with van der Waals surface area (Å²) in [5, 5.41) is 2.89. The van der Waals surface area contributed by atoms with Gasteiger partial charge in [0.1, 0.15) is 0 Å². The van der Waals surface area contributed by atoms with Gasteiger partial charge in [-0.25, -0.2) is 0 Å². The van der Waals surface area contributed by atoms with Crippen LogP contribution in [0.1, 0.15) is 27.2 Å². The van der Waals surface area contributed by atoms with Crippen LogP contribution in [0.25, 0.3) is 0 Å². The lowest BCUT2D eigenvalue weighted by molar-refractivity contribution is -0.122. The number of carbonyl (C=O) groups excluding carboxylic acids is 1. The van der Waals surface area contributed by atoms with E-state index in [1.54, 1.807) is 0 Å². The average Bonchev–Trinajstić information content (AvgIpc) is 1.81. The summed E-state index contributed by atoms with van der Waals surface area (Å²) in [4.78, 5) is 13.4. The molecule has 0 spiro atoms. The van der Waals surface area contributed by atoms with E-state index in [4.69, 9.17) is 0 Å². The van der Waals surface area contributed by atoms with Crippen molar-refractivity contribution >= 4 is 5.91 Å². The van der Waals surface area contributed by atoms with Crippen LogP contribution >= 0.6 is 0 Å². The highest BCUT2D eigenvalue weighted by Gasteiger charge is 2.15. The Morgan fingerprint density at radius 2 is 1.85 bits per heavy atom. The number of likely N-dealkylation sites (N-methyl/N-ethyl adjacent to an activating group) is 1. The van der Waals surface area contributed by atoms with Crippen LogP contribution in [-0.2, 0) is 4.79 Å². The molecule has 0 heterocycles. The zero-order chi connectivity index (χ0) is 10.5. The van der Waals surface area contributed by atoms with Crippen molar-refractivity contribution in [3.63, 3.8) is 0 Å². The Morgan fingerprint density at radius 1 is 1.31 bits per heavy atom. The van der Waals surface area contributed by atoms with Gasteiger partial charge in [-0.3, -0.25) is 4.79 Å². The summed E-state index contributed by atoms with van der Waals surface area (Å²) >= 11 is 0. The zero-order valence-electron chi connectivity index (χ0n) is 9.48. The van der Waals surface area contributed by atoms with Gasteiger partial charge in [0.25, 0.3) is 0 Å². The van der Waals surface area contributed by atoms with Gasteiger partial charge in [0.05, 0.1) is 0 Å². The smallest absolute Gasteiger partial charge is 0.220 e. The zero-order valence-corrected chi connectivity index (χ0v) is 9.48. The Morgan fingerprint density at radius 3 is 2.23 bits per heavy atom. The highest BCUT2D eigenvalue weighted by atomic mass is 16.1. The minimum absolute atomic E-state index is 0.0855. The lowest BCUT2D eigenvalue weighted by atomic mass is 9.92. The molecule has 0 saturated heterocycles. The third-order valence-electron chi connectivity index (χ3n) is 1.57. The van der Waals surface area contributed by atoms with Gasteiger partial charge in [-0.15, -0.1) is 0 Å². The number of hydrogen-bond acceptors (Lipinski definition) is 2. The van der Waals surface area contributed by atoms with Crippen LogP contribution in [0.3, 0.4) is 0 Å². The monoisotopic (exact) mass is 186 g/mol. The number of amides is 1. The van der Waals surface area contributed by atoms with Crippen molar-refractivity contribution < 1.29 is 4.79 Å². The third kappa shape index (κ3) is 9.34. The van der Waals surface area contributed by atoms with E-state index >= 15 is 0 Å². The number of hydrogen-bond donors (Lipinski definition) is 1. The molecule has 0 aromatic carbocycles. The summed E-state index contributed by atoms with van der Waals surface area (Å²) < 4.78 is 0. The van der Waals surface area contributed by atoms with Gasteiger partial charge in [-0.05, 0) is 19.5 Å². The number of nitrogens with zero attached hydrogens (tertiary/aromatic N) is 1. The second-order valence-corrected chi connectivity index (χ2v) is 4.89. The van der Waals surface area contributed by atoms with Gasteiger partial charge in [-0.1, -0.05) is 20.8 Å². The fourth-order valence-corrected chi connectivity index (χ4v) is 0.963. The van der Waals surface area contributed by atoms with Gasteiger partial charge in [0, 0.05) is 19.5 Å². The lowest BCUT2D eigenvalue weighted by Crippen LogP contribution is -2.33. The Hall–Kier alpha value is -0.570. The summed E-state index contributed by atoms with van der Waals surface area (Å²) in [5.41, 5.74) is 0.0855. The average molecular weight is 186 g/mol. The Bertz CT molecular complexity index is 159. The largest absolute Gasteiger partial charge is 0.355 e. The molecule has 1 amide bonds. The maximum Gasteiger partial charge on any atom is 0.220 e. The maximum absolute atomic E-state index is 11.3. The molecule has 0 aliphatic heterocycles. The first-order valence-corrected chi connectivity index (χ1v) is 4.73. The molecule has 0 saturated carbocycles. The molecule has 0 aliphatic carbocycles. The summed E-state index contributed by atoms with van der Waals surface area (Å²) in [6, 6.07) is 0. The van der Waals surface area contributed by atoms with E-state index < -0.39 is 0 Å². The van der Waals surface area contributed by atoms with E-state index in [9.17, 15) is 4.79 Å². The van der Waals surface area contributed by atoms with E-state index in [0.29, 0.717) is 6.42 Å². The summed E-state index contributed by atoms with van der Waals surface area (Å²) in [7, 11) is 3.99. The van der Waals surface area contributed by atoms with E-state index in [2.05, 4.69) is 31.0 Å². The van der Waals surface area contributed by atoms with E-state index in [0.717, 1.165) is 13.1 Å². The number of nitrogens with one attached hydrogen (secondary N) is 1. The predicted molar refractivity (Wildman–Crippen MR) is 55.6 cm³/mol. The molecule has 3 nitrogen and oxygen atoms in total. The van der Waals surface area contributed by atoms with Crippen molar-refractivity contribution in [2.45, 2.75) is 27.2 Å². The van der Waals surface area contributed by atoms with Gasteiger partial charge >= 0.3 is 0 Å². The molecule has 13 heavy (non-hydrogen) atoms. The second-order valence-electron chi connectivity index (χ2n) is 4.89. The van der Waals surface area contributed by atoms with Crippen molar-refractivity contribution in [3.8, 4) is 0 Å². The fraction of sp³-hybridized carbons (Fsp3) is 0.900. The molecular formula is C10H22N2O. The van der Waals surface area contributed by atoms with Crippen molar-refractivity contribution in [2.24, 2.45) is 5.41 Å². The first-order chi connectivity index (χ1) is 5.81. The lowest BCUT2D eigenvalue weighted by Gasteiger charge is -2.17. The van der Waals surface area contributed by atoms with Crippen molar-refractivity contribution in [3.05, 3.63) is 0 Å². The minimum Gasteiger partial charge on any atom is -0.355 e. The molecule has 0 atom stereocenters. The van der Waals surface area contributed by atoms with Crippen LogP contribution < -0.4 is 5.32 Å². The molecule has 1 N–H and O–H groups in total. The number of rotatable bonds is 4. The maximum atomic E-state index is 11.3. The fourth-order valence-electron chi connectivity index (χ4n) is 0.963. The van der Waals surface area contributed by atoms with E-state index in [1.807, 2.05) is 14.1 Å². The standard InChI is InChI=1S/C10H22N2O/c1-10(2,3)8-9(13)11-6-7-12(4)5/h6-8H2,1-5H3,(H,11,13). The molecule has 0 bridgehead atoms. The summed E-state index contributed by atoms with van der Waals surface area (Å²) in [6.45, 7) is 7.84. The molecule has 3 heteroatoms. The van der Waals surface area contributed by atoms with Crippen LogP contribution in [0.2, 0.25) is 0 Å². The van der Waals surface area contributed by atoms with Crippen molar-refractivity contribution in [1.29, 1.82) is 0 Å². The van der Waals surface area contributed by atoms with Crippen molar-refractivity contribution in [2.75, 3.05) is 27.2 Å². The van der Waals surface area contributed by atoms with Gasteiger partial charge in [-0.2, -0.15) is 0 Å². The SMILES string of the molecule is CN(C)CCNC(=O)CC(C)(C)C. The first-order valence-electron chi connectivity index (χ1n) is 4.73. The molecule has 0 fully saturated rings. The second kappa shape index (κ2) is 5.22. The van der Waals surface area contributed by atoms with E-state index in [-0.39, 0.29) is 11.3 Å². The van der Waals surface area contributed by atoms with Crippen molar-refractivity contribution in [1.82, 2.24) is 10.2 Å². The Balaban J connectivity index is 3.53. The van der Waals surface area contributed by atoms with Crippen LogP contribution in [0.15, 0.2) is 0 Å². The van der Waals surface area contributed by atoms with Crippen LogP contribution in [-0.4, -0.2) is 38.0 Å². The summed E-state index contributed by atoms with van der Waals surface area (Å²) in [5.74, 6) is 0.148. The van der Waals surface area contributed by atoms with Crippen LogP contribution in [0.5, 0.6) is 0 Å². The number of carbonyl (C=O) groups is 1. The topological polar surface area (TPSA) is 32.3 Å². The molecule has 0 aromatic rings. The molecule has 0 radical (unpaired) electrons. The molecule has 0 aromatic heterocycles. The van der Waals surface area contributed by atoms with E-state index in [1.165, 1.54) is 0 Å². The highest BCUT2D eigenvalue weighted by Crippen LogP contribution is 2.17. The minimum atomic E-state index is 0.0855. The Labute approximate surface area is 81.5 Å². The third-order valence-corrected chi connectivity index (χ3v) is 1.57. The molecular weight excluding hydrogens is 164 g/mol.